The number of alkyl halides is 2. The normalized spacial score (nSPS) is 18.2. The van der Waals surface area contributed by atoms with Crippen LogP contribution in [0.5, 0.6) is 0 Å². The topological polar surface area (TPSA) is 121 Å². The third-order valence-corrected chi connectivity index (χ3v) is 6.48. The number of anilines is 2. The molecule has 0 radical (unpaired) electrons. The van der Waals surface area contributed by atoms with Crippen LogP contribution in [0.15, 0.2) is 43.1 Å². The minimum atomic E-state index is -2.92. The molecule has 0 saturated carbocycles. The second kappa shape index (κ2) is 10.3. The molecule has 0 aliphatic carbocycles. The van der Waals surface area contributed by atoms with Crippen molar-refractivity contribution >= 4 is 22.7 Å². The quantitative estimate of drug-likeness (QED) is 0.359. The monoisotopic (exact) mass is 516 g/mol. The van der Waals surface area contributed by atoms with E-state index in [1.54, 1.807) is 23.2 Å². The van der Waals surface area contributed by atoms with E-state index in [9.17, 15) is 17.6 Å². The van der Waals surface area contributed by atoms with Gasteiger partial charge in [0.15, 0.2) is 23.1 Å². The molecule has 194 valence electrons. The molecule has 4 N–H and O–H groups in total. The van der Waals surface area contributed by atoms with Crippen molar-refractivity contribution in [1.82, 2.24) is 24.5 Å². The molecule has 5 rings (SSSR count). The van der Waals surface area contributed by atoms with Crippen LogP contribution in [0, 0.1) is 11.6 Å². The number of rotatable bonds is 7. The van der Waals surface area contributed by atoms with E-state index in [0.717, 1.165) is 18.6 Å². The first-order valence-corrected chi connectivity index (χ1v) is 11.6. The minimum absolute atomic E-state index is 0.229. The van der Waals surface area contributed by atoms with Gasteiger partial charge in [-0.3, -0.25) is 4.98 Å². The molecular weight excluding hydrogens is 492 g/mol. The standard InChI is InChI=1S/C24H24F4N8O/c25-15-4-3-13(6-16(15)26)18-7-14(9-35-12-34-21-22(30)32-11-33-23(21)35)19(8-31-18)36-5-1-2-17(29)20(36)10-37-24(27)28/h3-4,6-8,11-12,17,20,24H,1-2,5,9-10,29H2,(H2,30,32,33)/t17-,20-/m1/s1. The van der Waals surface area contributed by atoms with Crippen molar-refractivity contribution in [1.29, 1.82) is 0 Å². The van der Waals surface area contributed by atoms with Gasteiger partial charge in [0.1, 0.15) is 11.8 Å². The maximum Gasteiger partial charge on any atom is 0.345 e. The first-order chi connectivity index (χ1) is 17.8. The number of pyridine rings is 1. The predicted molar refractivity (Wildman–Crippen MR) is 129 cm³/mol. The van der Waals surface area contributed by atoms with Crippen LogP contribution in [0.2, 0.25) is 0 Å². The van der Waals surface area contributed by atoms with Gasteiger partial charge < -0.3 is 25.7 Å². The molecule has 1 aliphatic heterocycles. The zero-order chi connectivity index (χ0) is 26.1. The first kappa shape index (κ1) is 24.8. The number of benzene rings is 1. The average Bonchev–Trinajstić information content (AvgIpc) is 3.29. The Morgan fingerprint density at radius 2 is 1.92 bits per heavy atom. The van der Waals surface area contributed by atoms with Gasteiger partial charge in [0.25, 0.3) is 0 Å². The summed E-state index contributed by atoms with van der Waals surface area (Å²) in [5.41, 5.74) is 15.3. The van der Waals surface area contributed by atoms with Crippen LogP contribution in [0.3, 0.4) is 0 Å². The smallest absolute Gasteiger partial charge is 0.345 e. The maximum absolute atomic E-state index is 14.0. The molecule has 1 aromatic carbocycles. The van der Waals surface area contributed by atoms with Crippen molar-refractivity contribution < 1.29 is 22.3 Å². The van der Waals surface area contributed by atoms with Crippen LogP contribution < -0.4 is 16.4 Å². The van der Waals surface area contributed by atoms with Gasteiger partial charge in [-0.05, 0) is 42.7 Å². The summed E-state index contributed by atoms with van der Waals surface area (Å²) in [5.74, 6) is -1.73. The van der Waals surface area contributed by atoms with Gasteiger partial charge in [-0.2, -0.15) is 8.78 Å². The van der Waals surface area contributed by atoms with Gasteiger partial charge in [-0.1, -0.05) is 0 Å². The fourth-order valence-corrected chi connectivity index (χ4v) is 4.66. The van der Waals surface area contributed by atoms with E-state index in [2.05, 4.69) is 24.7 Å². The lowest BCUT2D eigenvalue weighted by atomic mass is 9.95. The molecule has 4 heterocycles. The number of imidazole rings is 1. The predicted octanol–water partition coefficient (Wildman–Crippen LogP) is 3.33. The number of aromatic nitrogens is 5. The Morgan fingerprint density at radius 1 is 1.08 bits per heavy atom. The molecule has 9 nitrogen and oxygen atoms in total. The van der Waals surface area contributed by atoms with E-state index < -0.39 is 30.3 Å². The fourth-order valence-electron chi connectivity index (χ4n) is 4.66. The third kappa shape index (κ3) is 5.04. The number of hydrogen-bond donors (Lipinski definition) is 2. The van der Waals surface area contributed by atoms with Gasteiger partial charge >= 0.3 is 6.61 Å². The molecule has 4 aromatic rings. The molecule has 1 aliphatic rings. The van der Waals surface area contributed by atoms with Crippen molar-refractivity contribution in [2.24, 2.45) is 5.73 Å². The molecule has 0 spiro atoms. The van der Waals surface area contributed by atoms with Crippen LogP contribution in [-0.2, 0) is 11.3 Å². The summed E-state index contributed by atoms with van der Waals surface area (Å²) >= 11 is 0. The molecule has 1 saturated heterocycles. The molecule has 37 heavy (non-hydrogen) atoms. The van der Waals surface area contributed by atoms with Gasteiger partial charge in [-0.25, -0.2) is 23.7 Å². The first-order valence-electron chi connectivity index (χ1n) is 11.6. The summed E-state index contributed by atoms with van der Waals surface area (Å²) in [6, 6.07) is 4.36. The Kier molecular flexibility index (Phi) is 6.89. The number of fused-ring (bicyclic) bond motifs is 1. The number of nitrogens with zero attached hydrogens (tertiary/aromatic N) is 6. The fraction of sp³-hybridized carbons (Fsp3) is 0.333. The third-order valence-electron chi connectivity index (χ3n) is 6.48. The van der Waals surface area contributed by atoms with Gasteiger partial charge in [0.2, 0.25) is 0 Å². The van der Waals surface area contributed by atoms with Crippen LogP contribution >= 0.6 is 0 Å². The lowest BCUT2D eigenvalue weighted by Crippen LogP contribution is -2.55. The number of ether oxygens (including phenoxy) is 1. The van der Waals surface area contributed by atoms with E-state index in [-0.39, 0.29) is 19.0 Å². The van der Waals surface area contributed by atoms with Crippen molar-refractivity contribution in [2.75, 3.05) is 23.8 Å². The largest absolute Gasteiger partial charge is 0.382 e. The lowest BCUT2D eigenvalue weighted by Gasteiger charge is -2.41. The molecule has 13 heteroatoms. The lowest BCUT2D eigenvalue weighted by molar-refractivity contribution is -0.133. The Labute approximate surface area is 209 Å². The number of nitrogens with two attached hydrogens (primary N) is 2. The molecule has 0 bridgehead atoms. The highest BCUT2D eigenvalue weighted by Crippen LogP contribution is 2.32. The molecule has 0 unspecified atom stereocenters. The second-order valence-corrected chi connectivity index (χ2v) is 8.79. The summed E-state index contributed by atoms with van der Waals surface area (Å²) in [4.78, 5) is 18.9. The summed E-state index contributed by atoms with van der Waals surface area (Å²) in [7, 11) is 0. The highest BCUT2D eigenvalue weighted by molar-refractivity contribution is 5.81. The van der Waals surface area contributed by atoms with Crippen molar-refractivity contribution in [3.05, 3.63) is 60.3 Å². The van der Waals surface area contributed by atoms with Crippen LogP contribution in [-0.4, -0.2) is 56.3 Å². The highest BCUT2D eigenvalue weighted by Gasteiger charge is 2.32. The highest BCUT2D eigenvalue weighted by atomic mass is 19.3. The molecular formula is C24H24F4N8O. The number of halogens is 4. The van der Waals surface area contributed by atoms with Crippen molar-refractivity contribution in [3.63, 3.8) is 0 Å². The minimum Gasteiger partial charge on any atom is -0.382 e. The van der Waals surface area contributed by atoms with Crippen LogP contribution in [0.25, 0.3) is 22.4 Å². The molecule has 1 fully saturated rings. The van der Waals surface area contributed by atoms with E-state index >= 15 is 0 Å². The zero-order valence-corrected chi connectivity index (χ0v) is 19.6. The number of hydrogen-bond acceptors (Lipinski definition) is 8. The Morgan fingerprint density at radius 3 is 2.70 bits per heavy atom. The van der Waals surface area contributed by atoms with Crippen LogP contribution in [0.4, 0.5) is 29.1 Å². The zero-order valence-electron chi connectivity index (χ0n) is 19.6. The Bertz CT molecular complexity index is 1420. The van der Waals surface area contributed by atoms with Crippen molar-refractivity contribution in [2.45, 2.75) is 38.1 Å². The van der Waals surface area contributed by atoms with E-state index in [0.29, 0.717) is 46.6 Å². The average molecular weight is 517 g/mol. The van der Waals surface area contributed by atoms with Gasteiger partial charge in [0, 0.05) is 18.2 Å². The maximum atomic E-state index is 14.0. The summed E-state index contributed by atoms with van der Waals surface area (Å²) in [5, 5.41) is 0. The molecule has 2 atom stereocenters. The SMILES string of the molecule is Nc1ncnc2c1ncn2Cc1cc(-c2ccc(F)c(F)c2)ncc1N1CCC[C@@H](N)[C@H]1COC(F)F. The van der Waals surface area contributed by atoms with Crippen LogP contribution in [0.1, 0.15) is 18.4 Å². The Hall–Kier alpha value is -3.84. The van der Waals surface area contributed by atoms with E-state index in [1.165, 1.54) is 12.4 Å². The number of nitrogen functional groups attached to an aromatic ring is 1. The van der Waals surface area contributed by atoms with E-state index in [1.807, 2.05) is 4.90 Å². The van der Waals surface area contributed by atoms with Gasteiger partial charge in [0.05, 0.1) is 43.1 Å². The number of piperidine rings is 1. The van der Waals surface area contributed by atoms with Crippen molar-refractivity contribution in [3.8, 4) is 11.3 Å². The Balaban J connectivity index is 1.59. The van der Waals surface area contributed by atoms with E-state index in [4.69, 9.17) is 11.5 Å². The summed E-state index contributed by atoms with van der Waals surface area (Å²) in [6.07, 6.45) is 5.88. The van der Waals surface area contributed by atoms with Gasteiger partial charge in [-0.15, -0.1) is 0 Å². The summed E-state index contributed by atoms with van der Waals surface area (Å²) < 4.78 is 59.6. The second-order valence-electron chi connectivity index (χ2n) is 8.79. The summed E-state index contributed by atoms with van der Waals surface area (Å²) in [6.45, 7) is -2.40. The molecule has 3 aromatic heterocycles. The molecule has 0 amide bonds.